The third kappa shape index (κ3) is 1.38. The molecule has 1 heterocycles. The molecule has 0 spiro atoms. The number of carbonyl (C=O) groups is 2. The normalized spacial score (nSPS) is 23.4. The predicted molar refractivity (Wildman–Crippen MR) is 42.1 cm³/mol. The van der Waals surface area contributed by atoms with E-state index in [1.807, 2.05) is 0 Å². The Bertz CT molecular complexity index is 224. The Morgan fingerprint density at radius 3 is 2.83 bits per heavy atom. The zero-order valence-electron chi connectivity index (χ0n) is 6.95. The lowest BCUT2D eigenvalue weighted by Crippen LogP contribution is -2.28. The van der Waals surface area contributed by atoms with Crippen LogP contribution in [0.3, 0.4) is 0 Å². The van der Waals surface area contributed by atoms with Gasteiger partial charge in [0.2, 0.25) is 5.91 Å². The summed E-state index contributed by atoms with van der Waals surface area (Å²) in [6, 6.07) is 0. The zero-order valence-corrected chi connectivity index (χ0v) is 6.95. The summed E-state index contributed by atoms with van der Waals surface area (Å²) in [7, 11) is 0. The molecule has 1 aliphatic rings. The van der Waals surface area contributed by atoms with Crippen LogP contribution in [0.15, 0.2) is 12.8 Å². The van der Waals surface area contributed by atoms with Gasteiger partial charge in [-0.1, -0.05) is 6.58 Å². The van der Waals surface area contributed by atoms with E-state index in [2.05, 4.69) is 6.58 Å². The van der Waals surface area contributed by atoms with Gasteiger partial charge in [-0.05, 0) is 6.92 Å². The van der Waals surface area contributed by atoms with Gasteiger partial charge in [-0.15, -0.1) is 0 Å². The van der Waals surface area contributed by atoms with Crippen molar-refractivity contribution in [1.82, 2.24) is 4.90 Å². The molecule has 0 N–H and O–H groups in total. The van der Waals surface area contributed by atoms with Crippen molar-refractivity contribution in [3.05, 3.63) is 12.8 Å². The summed E-state index contributed by atoms with van der Waals surface area (Å²) in [6.07, 6.45) is 0.767. The van der Waals surface area contributed by atoms with Crippen molar-refractivity contribution in [2.24, 2.45) is 0 Å². The molecule has 0 bridgehead atoms. The van der Waals surface area contributed by atoms with Crippen molar-refractivity contribution in [2.45, 2.75) is 19.4 Å². The number of hydrogen-bond donors (Lipinski definition) is 0. The van der Waals surface area contributed by atoms with Crippen LogP contribution in [0.4, 0.5) is 0 Å². The van der Waals surface area contributed by atoms with E-state index in [-0.39, 0.29) is 18.2 Å². The summed E-state index contributed by atoms with van der Waals surface area (Å²) in [5.41, 5.74) is 0. The second-order valence-electron chi connectivity index (χ2n) is 2.43. The smallest absolute Gasteiger partial charge is 0.262 e. The molecule has 0 aromatic rings. The van der Waals surface area contributed by atoms with Gasteiger partial charge in [-0.2, -0.15) is 0 Å². The average Bonchev–Trinajstić information content (AvgIpc) is 2.29. The summed E-state index contributed by atoms with van der Waals surface area (Å²) < 4.78 is 5.06. The highest BCUT2D eigenvalue weighted by Gasteiger charge is 2.37. The Labute approximate surface area is 70.8 Å². The van der Waals surface area contributed by atoms with Crippen LogP contribution in [0.1, 0.15) is 13.3 Å². The SMILES string of the molecule is C=CN1C(=O)CC(OCC)C1=O. The number of carbonyl (C=O) groups excluding carboxylic acids is 2. The molecule has 0 aromatic carbocycles. The third-order valence-electron chi connectivity index (χ3n) is 1.69. The van der Waals surface area contributed by atoms with E-state index < -0.39 is 6.10 Å². The minimum Gasteiger partial charge on any atom is -0.368 e. The van der Waals surface area contributed by atoms with E-state index in [0.29, 0.717) is 6.61 Å². The first-order valence-electron chi connectivity index (χ1n) is 3.80. The Balaban J connectivity index is 2.68. The first-order valence-corrected chi connectivity index (χ1v) is 3.80. The molecular weight excluding hydrogens is 158 g/mol. The first kappa shape index (κ1) is 8.93. The number of likely N-dealkylation sites (tertiary alicyclic amines) is 1. The van der Waals surface area contributed by atoms with Gasteiger partial charge in [-0.3, -0.25) is 14.5 Å². The molecule has 1 aliphatic heterocycles. The molecule has 4 nitrogen and oxygen atoms in total. The van der Waals surface area contributed by atoms with Crippen LogP contribution >= 0.6 is 0 Å². The quantitative estimate of drug-likeness (QED) is 0.570. The van der Waals surface area contributed by atoms with Crippen LogP contribution < -0.4 is 0 Å². The molecular formula is C8H11NO3. The second kappa shape index (κ2) is 3.49. The number of amides is 2. The van der Waals surface area contributed by atoms with Gasteiger partial charge < -0.3 is 4.74 Å². The number of rotatable bonds is 3. The van der Waals surface area contributed by atoms with Gasteiger partial charge >= 0.3 is 0 Å². The number of nitrogens with zero attached hydrogens (tertiary/aromatic N) is 1. The lowest BCUT2D eigenvalue weighted by molar-refractivity contribution is -0.138. The average molecular weight is 169 g/mol. The van der Waals surface area contributed by atoms with Crippen molar-refractivity contribution < 1.29 is 14.3 Å². The predicted octanol–water partition coefficient (Wildman–Crippen LogP) is 0.294. The fourth-order valence-electron chi connectivity index (χ4n) is 1.15. The fraction of sp³-hybridized carbons (Fsp3) is 0.500. The Hall–Kier alpha value is -1.16. The molecule has 0 saturated carbocycles. The lowest BCUT2D eigenvalue weighted by atomic mass is 10.3. The van der Waals surface area contributed by atoms with Crippen LogP contribution in [0.25, 0.3) is 0 Å². The second-order valence-corrected chi connectivity index (χ2v) is 2.43. The lowest BCUT2D eigenvalue weighted by Gasteiger charge is -2.08. The summed E-state index contributed by atoms with van der Waals surface area (Å²) >= 11 is 0. The minimum atomic E-state index is -0.597. The number of imide groups is 1. The summed E-state index contributed by atoms with van der Waals surface area (Å²) in [6.45, 7) is 5.59. The van der Waals surface area contributed by atoms with Crippen molar-refractivity contribution in [1.29, 1.82) is 0 Å². The van der Waals surface area contributed by atoms with Gasteiger partial charge in [0.15, 0.2) is 0 Å². The van der Waals surface area contributed by atoms with Gasteiger partial charge in [-0.25, -0.2) is 0 Å². The summed E-state index contributed by atoms with van der Waals surface area (Å²) in [4.78, 5) is 23.3. The summed E-state index contributed by atoms with van der Waals surface area (Å²) in [5.74, 6) is -0.551. The molecule has 66 valence electrons. The van der Waals surface area contributed by atoms with Crippen LogP contribution in [0.2, 0.25) is 0 Å². The van der Waals surface area contributed by atoms with Gasteiger partial charge in [0.25, 0.3) is 5.91 Å². The van der Waals surface area contributed by atoms with E-state index >= 15 is 0 Å². The highest BCUT2D eigenvalue weighted by molar-refractivity contribution is 6.05. The summed E-state index contributed by atoms with van der Waals surface area (Å²) in [5, 5.41) is 0. The highest BCUT2D eigenvalue weighted by Crippen LogP contribution is 2.15. The van der Waals surface area contributed by atoms with E-state index in [0.717, 1.165) is 4.90 Å². The molecule has 1 saturated heterocycles. The molecule has 0 radical (unpaired) electrons. The monoisotopic (exact) mass is 169 g/mol. The fourth-order valence-corrected chi connectivity index (χ4v) is 1.15. The van der Waals surface area contributed by atoms with Crippen LogP contribution in [-0.2, 0) is 14.3 Å². The topological polar surface area (TPSA) is 46.6 Å². The third-order valence-corrected chi connectivity index (χ3v) is 1.69. The first-order chi connectivity index (χ1) is 5.70. The van der Waals surface area contributed by atoms with Gasteiger partial charge in [0, 0.05) is 12.8 Å². The van der Waals surface area contributed by atoms with E-state index in [1.165, 1.54) is 6.20 Å². The number of hydrogen-bond acceptors (Lipinski definition) is 3. The highest BCUT2D eigenvalue weighted by atomic mass is 16.5. The minimum absolute atomic E-state index is 0.138. The molecule has 2 amide bonds. The van der Waals surface area contributed by atoms with E-state index in [4.69, 9.17) is 4.74 Å². The van der Waals surface area contributed by atoms with Gasteiger partial charge in [0.1, 0.15) is 6.10 Å². The van der Waals surface area contributed by atoms with Crippen LogP contribution in [0.5, 0.6) is 0 Å². The van der Waals surface area contributed by atoms with E-state index in [9.17, 15) is 9.59 Å². The molecule has 0 aliphatic carbocycles. The molecule has 1 fully saturated rings. The standard InChI is InChI=1S/C8H11NO3/c1-3-9-7(10)5-6(8(9)11)12-4-2/h3,6H,1,4-5H2,2H3. The Kier molecular flexibility index (Phi) is 2.60. The maximum absolute atomic E-state index is 11.2. The Morgan fingerprint density at radius 2 is 2.42 bits per heavy atom. The van der Waals surface area contributed by atoms with Gasteiger partial charge in [0.05, 0.1) is 6.42 Å². The maximum Gasteiger partial charge on any atom is 0.262 e. The molecule has 1 atom stereocenters. The molecule has 0 aromatic heterocycles. The molecule has 4 heteroatoms. The zero-order chi connectivity index (χ0) is 9.14. The number of ether oxygens (including phenoxy) is 1. The van der Waals surface area contributed by atoms with Crippen molar-refractivity contribution >= 4 is 11.8 Å². The van der Waals surface area contributed by atoms with Crippen LogP contribution in [-0.4, -0.2) is 29.4 Å². The molecule has 1 rings (SSSR count). The molecule has 12 heavy (non-hydrogen) atoms. The largest absolute Gasteiger partial charge is 0.368 e. The Morgan fingerprint density at radius 1 is 1.75 bits per heavy atom. The van der Waals surface area contributed by atoms with Crippen molar-refractivity contribution in [3.63, 3.8) is 0 Å². The van der Waals surface area contributed by atoms with Crippen molar-refractivity contribution in [3.8, 4) is 0 Å². The van der Waals surface area contributed by atoms with Crippen LogP contribution in [0, 0.1) is 0 Å². The van der Waals surface area contributed by atoms with E-state index in [1.54, 1.807) is 6.92 Å². The molecule has 1 unspecified atom stereocenters. The van der Waals surface area contributed by atoms with Crippen molar-refractivity contribution in [2.75, 3.05) is 6.61 Å². The maximum atomic E-state index is 11.2.